The number of nitrogens with one attached hydrogen (secondary N) is 1. The summed E-state index contributed by atoms with van der Waals surface area (Å²) in [6.07, 6.45) is 3.82. The molecular formula is C19H20FN3O. The summed E-state index contributed by atoms with van der Waals surface area (Å²) in [5, 5.41) is 7.76. The van der Waals surface area contributed by atoms with Crippen molar-refractivity contribution in [2.24, 2.45) is 0 Å². The lowest BCUT2D eigenvalue weighted by Crippen LogP contribution is -2.18. The Morgan fingerprint density at radius 2 is 2.00 bits per heavy atom. The first-order chi connectivity index (χ1) is 11.7. The van der Waals surface area contributed by atoms with Gasteiger partial charge < -0.3 is 10.1 Å². The quantitative estimate of drug-likeness (QED) is 0.748. The molecule has 2 aromatic carbocycles. The van der Waals surface area contributed by atoms with E-state index in [4.69, 9.17) is 4.74 Å². The van der Waals surface area contributed by atoms with Gasteiger partial charge in [-0.3, -0.25) is 0 Å². The van der Waals surface area contributed by atoms with Crippen LogP contribution in [0.25, 0.3) is 5.69 Å². The Morgan fingerprint density at radius 3 is 2.71 bits per heavy atom. The van der Waals surface area contributed by atoms with Crippen molar-refractivity contribution in [1.82, 2.24) is 15.1 Å². The number of hydrogen-bond donors (Lipinski definition) is 1. The molecule has 0 amide bonds. The molecule has 124 valence electrons. The van der Waals surface area contributed by atoms with Gasteiger partial charge in [0.1, 0.15) is 0 Å². The van der Waals surface area contributed by atoms with Gasteiger partial charge in [0.25, 0.3) is 0 Å². The minimum Gasteiger partial charge on any atom is -0.494 e. The number of rotatable bonds is 6. The second kappa shape index (κ2) is 7.27. The van der Waals surface area contributed by atoms with Gasteiger partial charge in [0.15, 0.2) is 11.6 Å². The Hall–Kier alpha value is -2.66. The van der Waals surface area contributed by atoms with Crippen LogP contribution in [0.5, 0.6) is 5.75 Å². The zero-order valence-corrected chi connectivity index (χ0v) is 13.7. The summed E-state index contributed by atoms with van der Waals surface area (Å²) >= 11 is 0. The molecule has 1 atom stereocenters. The van der Waals surface area contributed by atoms with E-state index in [2.05, 4.69) is 10.4 Å². The molecule has 4 nitrogen and oxygen atoms in total. The van der Waals surface area contributed by atoms with E-state index >= 15 is 0 Å². The number of methoxy groups -OCH3 is 1. The maximum atomic E-state index is 13.8. The molecule has 0 saturated heterocycles. The van der Waals surface area contributed by atoms with E-state index in [9.17, 15) is 4.39 Å². The van der Waals surface area contributed by atoms with Crippen molar-refractivity contribution in [1.29, 1.82) is 0 Å². The Bertz CT molecular complexity index is 801. The lowest BCUT2D eigenvalue weighted by molar-refractivity contribution is 0.385. The third-order valence-corrected chi connectivity index (χ3v) is 3.95. The van der Waals surface area contributed by atoms with E-state index in [-0.39, 0.29) is 17.6 Å². The fourth-order valence-electron chi connectivity index (χ4n) is 2.51. The molecule has 24 heavy (non-hydrogen) atoms. The predicted molar refractivity (Wildman–Crippen MR) is 91.8 cm³/mol. The van der Waals surface area contributed by atoms with E-state index in [0.29, 0.717) is 6.54 Å². The summed E-state index contributed by atoms with van der Waals surface area (Å²) in [6, 6.07) is 15.0. The minimum absolute atomic E-state index is 0.0190. The molecule has 1 heterocycles. The third-order valence-electron chi connectivity index (χ3n) is 3.95. The molecule has 5 heteroatoms. The first kappa shape index (κ1) is 16.2. The van der Waals surface area contributed by atoms with Crippen LogP contribution in [0.4, 0.5) is 4.39 Å². The van der Waals surface area contributed by atoms with Crippen LogP contribution in [0.2, 0.25) is 0 Å². The molecule has 0 spiro atoms. The fraction of sp³-hybridized carbons (Fsp3) is 0.211. The van der Waals surface area contributed by atoms with Crippen LogP contribution in [-0.2, 0) is 6.54 Å². The first-order valence-corrected chi connectivity index (χ1v) is 7.83. The normalized spacial score (nSPS) is 12.1. The topological polar surface area (TPSA) is 39.1 Å². The highest BCUT2D eigenvalue weighted by Gasteiger charge is 2.10. The van der Waals surface area contributed by atoms with Crippen LogP contribution in [0.1, 0.15) is 24.1 Å². The Morgan fingerprint density at radius 1 is 1.21 bits per heavy atom. The second-order valence-corrected chi connectivity index (χ2v) is 5.63. The SMILES string of the molecule is COc1ccc(C(C)NCc2cnn(-c3ccccc3)c2)cc1F. The molecule has 0 fully saturated rings. The van der Waals surface area contributed by atoms with Crippen molar-refractivity contribution in [2.75, 3.05) is 7.11 Å². The molecule has 3 aromatic rings. The Balaban J connectivity index is 1.63. The smallest absolute Gasteiger partial charge is 0.165 e. The fourth-order valence-corrected chi connectivity index (χ4v) is 2.51. The minimum atomic E-state index is -0.347. The van der Waals surface area contributed by atoms with Crippen molar-refractivity contribution >= 4 is 0 Å². The summed E-state index contributed by atoms with van der Waals surface area (Å²) < 4.78 is 20.6. The molecule has 0 radical (unpaired) electrons. The molecule has 0 aliphatic heterocycles. The highest BCUT2D eigenvalue weighted by Crippen LogP contribution is 2.22. The van der Waals surface area contributed by atoms with Gasteiger partial charge in [-0.15, -0.1) is 0 Å². The van der Waals surface area contributed by atoms with E-state index in [1.54, 1.807) is 6.07 Å². The highest BCUT2D eigenvalue weighted by atomic mass is 19.1. The van der Waals surface area contributed by atoms with Crippen LogP contribution >= 0.6 is 0 Å². The van der Waals surface area contributed by atoms with E-state index in [1.807, 2.05) is 60.4 Å². The Labute approximate surface area is 140 Å². The lowest BCUT2D eigenvalue weighted by atomic mass is 10.1. The number of ether oxygens (including phenoxy) is 1. The van der Waals surface area contributed by atoms with Gasteiger partial charge in [-0.25, -0.2) is 9.07 Å². The number of para-hydroxylation sites is 1. The highest BCUT2D eigenvalue weighted by molar-refractivity contribution is 5.32. The van der Waals surface area contributed by atoms with E-state index in [0.717, 1.165) is 16.8 Å². The van der Waals surface area contributed by atoms with Crippen LogP contribution < -0.4 is 10.1 Å². The van der Waals surface area contributed by atoms with Gasteiger partial charge in [-0.2, -0.15) is 5.10 Å². The first-order valence-electron chi connectivity index (χ1n) is 7.83. The maximum Gasteiger partial charge on any atom is 0.165 e. The molecule has 1 unspecified atom stereocenters. The van der Waals surface area contributed by atoms with Crippen molar-refractivity contribution in [3.63, 3.8) is 0 Å². The molecule has 0 bridgehead atoms. The number of halogens is 1. The van der Waals surface area contributed by atoms with Gasteiger partial charge in [0.2, 0.25) is 0 Å². The molecule has 1 aromatic heterocycles. The van der Waals surface area contributed by atoms with Crippen molar-refractivity contribution in [2.45, 2.75) is 19.5 Å². The Kier molecular flexibility index (Phi) is 4.91. The maximum absolute atomic E-state index is 13.8. The number of hydrogen-bond acceptors (Lipinski definition) is 3. The molecule has 0 saturated carbocycles. The van der Waals surface area contributed by atoms with Crippen LogP contribution in [0, 0.1) is 5.82 Å². The summed E-state index contributed by atoms with van der Waals surface area (Å²) in [4.78, 5) is 0. The summed E-state index contributed by atoms with van der Waals surface area (Å²) in [5.41, 5.74) is 2.97. The molecule has 0 aliphatic rings. The van der Waals surface area contributed by atoms with E-state index < -0.39 is 0 Å². The molecule has 0 aliphatic carbocycles. The standard InChI is InChI=1S/C19H20FN3O/c1-14(16-8-9-19(24-2)18(20)10-16)21-11-15-12-22-23(13-15)17-6-4-3-5-7-17/h3-10,12-14,21H,11H2,1-2H3. The van der Waals surface area contributed by atoms with Crippen molar-refractivity contribution in [3.05, 3.63) is 77.9 Å². The van der Waals surface area contributed by atoms with Gasteiger partial charge in [0, 0.05) is 24.3 Å². The predicted octanol–water partition coefficient (Wildman–Crippen LogP) is 3.87. The zero-order valence-electron chi connectivity index (χ0n) is 13.7. The van der Waals surface area contributed by atoms with E-state index in [1.165, 1.54) is 13.2 Å². The molecular weight excluding hydrogens is 305 g/mol. The largest absolute Gasteiger partial charge is 0.494 e. The zero-order chi connectivity index (χ0) is 16.9. The lowest BCUT2D eigenvalue weighted by Gasteiger charge is -2.14. The summed E-state index contributed by atoms with van der Waals surface area (Å²) in [6.45, 7) is 2.66. The average Bonchev–Trinajstić information content (AvgIpc) is 3.09. The van der Waals surface area contributed by atoms with Crippen LogP contribution in [0.15, 0.2) is 60.9 Å². The van der Waals surface area contributed by atoms with Gasteiger partial charge in [-0.05, 0) is 36.8 Å². The monoisotopic (exact) mass is 325 g/mol. The molecule has 1 N–H and O–H groups in total. The summed E-state index contributed by atoms with van der Waals surface area (Å²) in [7, 11) is 1.46. The molecule has 3 rings (SSSR count). The third kappa shape index (κ3) is 3.63. The second-order valence-electron chi connectivity index (χ2n) is 5.63. The van der Waals surface area contributed by atoms with Crippen LogP contribution in [-0.4, -0.2) is 16.9 Å². The number of aromatic nitrogens is 2. The number of benzene rings is 2. The van der Waals surface area contributed by atoms with Gasteiger partial charge >= 0.3 is 0 Å². The van der Waals surface area contributed by atoms with Gasteiger partial charge in [-0.1, -0.05) is 24.3 Å². The average molecular weight is 325 g/mol. The van der Waals surface area contributed by atoms with Gasteiger partial charge in [0.05, 0.1) is 19.0 Å². The number of nitrogens with zero attached hydrogens (tertiary/aromatic N) is 2. The van der Waals surface area contributed by atoms with Crippen LogP contribution in [0.3, 0.4) is 0 Å². The summed E-state index contributed by atoms with van der Waals surface area (Å²) in [5.74, 6) is -0.0874. The van der Waals surface area contributed by atoms with Crippen molar-refractivity contribution in [3.8, 4) is 11.4 Å². The van der Waals surface area contributed by atoms with Crippen molar-refractivity contribution < 1.29 is 9.13 Å².